The highest BCUT2D eigenvalue weighted by Crippen LogP contribution is 2.26. The third-order valence-corrected chi connectivity index (χ3v) is 4.48. The van der Waals surface area contributed by atoms with Gasteiger partial charge in [0.2, 0.25) is 0 Å². The standard InChI is InChI=1S/C18H15Cl2N5O/c1-11-8-24(10-21-11)15-4-3-12(5-16(15)26-2)6-17-22-18-14(20)7-13(19)9-25(18)23-17/h3-5,7-10H,6H2,1-2H3. The second-order valence-corrected chi connectivity index (χ2v) is 6.75. The molecule has 0 saturated heterocycles. The van der Waals surface area contributed by atoms with Gasteiger partial charge in [-0.3, -0.25) is 0 Å². The Morgan fingerprint density at radius 2 is 2.00 bits per heavy atom. The number of aryl methyl sites for hydroxylation is 1. The predicted molar refractivity (Wildman–Crippen MR) is 101 cm³/mol. The summed E-state index contributed by atoms with van der Waals surface area (Å²) in [4.78, 5) is 8.75. The molecule has 0 atom stereocenters. The Morgan fingerprint density at radius 3 is 2.73 bits per heavy atom. The van der Waals surface area contributed by atoms with Gasteiger partial charge in [0, 0.05) is 18.8 Å². The highest BCUT2D eigenvalue weighted by atomic mass is 35.5. The minimum Gasteiger partial charge on any atom is -0.495 e. The fourth-order valence-electron chi connectivity index (χ4n) is 2.82. The van der Waals surface area contributed by atoms with Gasteiger partial charge >= 0.3 is 0 Å². The Bertz CT molecular complexity index is 1100. The van der Waals surface area contributed by atoms with E-state index < -0.39 is 0 Å². The van der Waals surface area contributed by atoms with E-state index in [1.54, 1.807) is 30.2 Å². The topological polar surface area (TPSA) is 57.2 Å². The Hall–Kier alpha value is -2.57. The molecule has 6 nitrogen and oxygen atoms in total. The van der Waals surface area contributed by atoms with Gasteiger partial charge in [0.1, 0.15) is 5.75 Å². The molecule has 8 heteroatoms. The summed E-state index contributed by atoms with van der Waals surface area (Å²) in [6, 6.07) is 7.65. The van der Waals surface area contributed by atoms with E-state index in [0.717, 1.165) is 22.7 Å². The maximum atomic E-state index is 6.18. The van der Waals surface area contributed by atoms with Crippen LogP contribution in [0.4, 0.5) is 0 Å². The first-order chi connectivity index (χ1) is 12.5. The van der Waals surface area contributed by atoms with Gasteiger partial charge in [0.25, 0.3) is 0 Å². The molecule has 3 aromatic heterocycles. The number of nitrogens with zero attached hydrogens (tertiary/aromatic N) is 5. The van der Waals surface area contributed by atoms with Gasteiger partial charge in [-0.05, 0) is 30.7 Å². The average molecular weight is 388 g/mol. The molecule has 0 aliphatic carbocycles. The summed E-state index contributed by atoms with van der Waals surface area (Å²) in [5.41, 5.74) is 3.49. The molecule has 0 aliphatic heterocycles. The van der Waals surface area contributed by atoms with Crippen molar-refractivity contribution in [3.05, 3.63) is 70.1 Å². The molecule has 0 amide bonds. The van der Waals surface area contributed by atoms with Crippen LogP contribution in [0.5, 0.6) is 5.75 Å². The van der Waals surface area contributed by atoms with Crippen LogP contribution in [0.25, 0.3) is 11.3 Å². The molecule has 3 heterocycles. The molecule has 1 aromatic carbocycles. The van der Waals surface area contributed by atoms with Crippen molar-refractivity contribution >= 4 is 28.8 Å². The van der Waals surface area contributed by atoms with Crippen molar-refractivity contribution in [3.63, 3.8) is 0 Å². The summed E-state index contributed by atoms with van der Waals surface area (Å²) in [7, 11) is 1.65. The number of hydrogen-bond donors (Lipinski definition) is 0. The lowest BCUT2D eigenvalue weighted by atomic mass is 10.1. The number of aromatic nitrogens is 5. The first-order valence-corrected chi connectivity index (χ1v) is 8.67. The number of fused-ring (bicyclic) bond motifs is 1. The first kappa shape index (κ1) is 16.9. The van der Waals surface area contributed by atoms with Crippen LogP contribution in [0.3, 0.4) is 0 Å². The lowest BCUT2D eigenvalue weighted by Crippen LogP contribution is -1.98. The number of methoxy groups -OCH3 is 1. The van der Waals surface area contributed by atoms with Gasteiger partial charge in [-0.2, -0.15) is 5.10 Å². The smallest absolute Gasteiger partial charge is 0.174 e. The zero-order valence-electron chi connectivity index (χ0n) is 14.1. The van der Waals surface area contributed by atoms with Gasteiger partial charge in [0.15, 0.2) is 11.5 Å². The second kappa shape index (κ2) is 6.63. The van der Waals surface area contributed by atoms with E-state index in [0.29, 0.717) is 27.9 Å². The Labute approximate surface area is 160 Å². The molecule has 0 bridgehead atoms. The third-order valence-electron chi connectivity index (χ3n) is 4.00. The van der Waals surface area contributed by atoms with Crippen molar-refractivity contribution in [3.8, 4) is 11.4 Å². The molecule has 4 aromatic rings. The van der Waals surface area contributed by atoms with E-state index in [9.17, 15) is 0 Å². The summed E-state index contributed by atoms with van der Waals surface area (Å²) in [6.45, 7) is 1.95. The van der Waals surface area contributed by atoms with E-state index in [2.05, 4.69) is 15.1 Å². The Balaban J connectivity index is 1.67. The van der Waals surface area contributed by atoms with Crippen LogP contribution in [-0.2, 0) is 6.42 Å². The first-order valence-electron chi connectivity index (χ1n) is 7.91. The van der Waals surface area contributed by atoms with Crippen LogP contribution in [-0.4, -0.2) is 31.3 Å². The molecule has 132 valence electrons. The highest BCUT2D eigenvalue weighted by molar-refractivity contribution is 6.36. The van der Waals surface area contributed by atoms with Crippen LogP contribution in [0.1, 0.15) is 17.1 Å². The number of benzene rings is 1. The molecule has 0 saturated carbocycles. The summed E-state index contributed by atoms with van der Waals surface area (Å²) in [6.07, 6.45) is 5.95. The fraction of sp³-hybridized carbons (Fsp3) is 0.167. The maximum absolute atomic E-state index is 6.18. The van der Waals surface area contributed by atoms with Gasteiger partial charge in [-0.1, -0.05) is 29.3 Å². The van der Waals surface area contributed by atoms with E-state index in [-0.39, 0.29) is 0 Å². The zero-order chi connectivity index (χ0) is 18.3. The van der Waals surface area contributed by atoms with Gasteiger partial charge in [0.05, 0.1) is 34.9 Å². The molecule has 0 radical (unpaired) electrons. The summed E-state index contributed by atoms with van der Waals surface area (Å²) < 4.78 is 9.08. The van der Waals surface area contributed by atoms with E-state index >= 15 is 0 Å². The molecule has 26 heavy (non-hydrogen) atoms. The number of imidazole rings is 1. The van der Waals surface area contributed by atoms with E-state index in [4.69, 9.17) is 27.9 Å². The molecular weight excluding hydrogens is 373 g/mol. The van der Waals surface area contributed by atoms with Crippen LogP contribution >= 0.6 is 23.2 Å². The van der Waals surface area contributed by atoms with E-state index in [1.165, 1.54) is 0 Å². The van der Waals surface area contributed by atoms with Crippen molar-refractivity contribution < 1.29 is 4.74 Å². The SMILES string of the molecule is COc1cc(Cc2nc3c(Cl)cc(Cl)cn3n2)ccc1-n1cnc(C)c1. The number of hydrogen-bond acceptors (Lipinski definition) is 4. The van der Waals surface area contributed by atoms with Crippen LogP contribution in [0, 0.1) is 6.92 Å². The monoisotopic (exact) mass is 387 g/mol. The largest absolute Gasteiger partial charge is 0.495 e. The van der Waals surface area contributed by atoms with Gasteiger partial charge < -0.3 is 9.30 Å². The molecular formula is C18H15Cl2N5O. The van der Waals surface area contributed by atoms with Crippen molar-refractivity contribution in [1.82, 2.24) is 24.1 Å². The quantitative estimate of drug-likeness (QED) is 0.528. The zero-order valence-corrected chi connectivity index (χ0v) is 15.7. The number of ether oxygens (including phenoxy) is 1. The summed E-state index contributed by atoms with van der Waals surface area (Å²) >= 11 is 12.2. The molecule has 4 rings (SSSR count). The molecule has 0 fully saturated rings. The summed E-state index contributed by atoms with van der Waals surface area (Å²) in [5, 5.41) is 5.44. The highest BCUT2D eigenvalue weighted by Gasteiger charge is 2.12. The Morgan fingerprint density at radius 1 is 1.15 bits per heavy atom. The minimum atomic E-state index is 0.472. The van der Waals surface area contributed by atoms with E-state index in [1.807, 2.05) is 35.9 Å². The molecule has 0 spiro atoms. The lowest BCUT2D eigenvalue weighted by Gasteiger charge is -2.10. The van der Waals surface area contributed by atoms with Gasteiger partial charge in [-0.25, -0.2) is 14.5 Å². The maximum Gasteiger partial charge on any atom is 0.174 e. The molecule has 0 unspecified atom stereocenters. The Kier molecular flexibility index (Phi) is 4.30. The third kappa shape index (κ3) is 3.13. The van der Waals surface area contributed by atoms with Crippen molar-refractivity contribution in [1.29, 1.82) is 0 Å². The number of halogens is 2. The second-order valence-electron chi connectivity index (χ2n) is 5.91. The number of pyridine rings is 1. The normalized spacial score (nSPS) is 11.2. The van der Waals surface area contributed by atoms with Crippen LogP contribution in [0.15, 0.2) is 43.0 Å². The lowest BCUT2D eigenvalue weighted by molar-refractivity contribution is 0.412. The van der Waals surface area contributed by atoms with Crippen LogP contribution in [0.2, 0.25) is 10.0 Å². The molecule has 0 N–H and O–H groups in total. The number of rotatable bonds is 4. The average Bonchev–Trinajstić information content (AvgIpc) is 3.21. The van der Waals surface area contributed by atoms with Crippen molar-refractivity contribution in [2.24, 2.45) is 0 Å². The van der Waals surface area contributed by atoms with Gasteiger partial charge in [-0.15, -0.1) is 0 Å². The van der Waals surface area contributed by atoms with Crippen molar-refractivity contribution in [2.75, 3.05) is 7.11 Å². The predicted octanol–water partition coefficient (Wildman–Crippen LogP) is 4.13. The minimum absolute atomic E-state index is 0.472. The van der Waals surface area contributed by atoms with Crippen LogP contribution < -0.4 is 4.74 Å². The molecule has 0 aliphatic rings. The fourth-order valence-corrected chi connectivity index (χ4v) is 3.32. The van der Waals surface area contributed by atoms with Crippen molar-refractivity contribution in [2.45, 2.75) is 13.3 Å². The summed E-state index contributed by atoms with van der Waals surface area (Å²) in [5.74, 6) is 1.41.